The number of benzene rings is 1. The highest BCUT2D eigenvalue weighted by Crippen LogP contribution is 2.30. The van der Waals surface area contributed by atoms with E-state index in [9.17, 15) is 18.0 Å². The van der Waals surface area contributed by atoms with Crippen molar-refractivity contribution >= 4 is 56.4 Å². The lowest BCUT2D eigenvalue weighted by molar-refractivity contribution is -0.132. The maximum absolute atomic E-state index is 13.0. The number of hydroxylamine groups is 1. The van der Waals surface area contributed by atoms with Crippen LogP contribution >= 0.6 is 34.5 Å². The van der Waals surface area contributed by atoms with Gasteiger partial charge in [-0.15, -0.1) is 11.3 Å². The highest BCUT2D eigenvalue weighted by atomic mass is 35.5. The molecule has 0 bridgehead atoms. The maximum Gasteiger partial charge on any atom is 0.261 e. The third-order valence-corrected chi connectivity index (χ3v) is 7.72. The fraction of sp³-hybridized carbons (Fsp3) is 0.250. The van der Waals surface area contributed by atoms with E-state index in [1.54, 1.807) is 17.5 Å². The molecule has 1 aromatic heterocycles. The van der Waals surface area contributed by atoms with Gasteiger partial charge < -0.3 is 5.32 Å². The van der Waals surface area contributed by atoms with E-state index >= 15 is 0 Å². The molecule has 1 aliphatic rings. The second kappa shape index (κ2) is 8.36. The van der Waals surface area contributed by atoms with Crippen LogP contribution in [0.4, 0.5) is 0 Å². The third kappa shape index (κ3) is 4.17. The van der Waals surface area contributed by atoms with E-state index in [2.05, 4.69) is 5.32 Å². The molecule has 0 aliphatic carbocycles. The fourth-order valence-electron chi connectivity index (χ4n) is 2.93. The van der Waals surface area contributed by atoms with Crippen molar-refractivity contribution in [2.24, 2.45) is 0 Å². The molecule has 0 unspecified atom stereocenters. The Labute approximate surface area is 175 Å². The van der Waals surface area contributed by atoms with Crippen LogP contribution < -0.4 is 10.8 Å². The number of hydrogen-bond donors (Lipinski definition) is 3. The topological polar surface area (TPSA) is 116 Å². The van der Waals surface area contributed by atoms with Crippen LogP contribution in [0.25, 0.3) is 0 Å². The molecule has 8 nitrogen and oxygen atoms in total. The van der Waals surface area contributed by atoms with Gasteiger partial charge in [0, 0.05) is 12.6 Å². The summed E-state index contributed by atoms with van der Waals surface area (Å²) in [5.74, 6) is -1.26. The molecule has 1 aromatic carbocycles. The van der Waals surface area contributed by atoms with E-state index in [-0.39, 0.29) is 33.8 Å². The molecular formula is C16H15Cl2N3O5S2. The Hall–Kier alpha value is -1.69. The minimum atomic E-state index is -4.14. The number of halogens is 2. The number of nitrogens with zero attached hydrogens (tertiary/aromatic N) is 1. The molecule has 2 heterocycles. The average Bonchev–Trinajstić information content (AvgIpc) is 3.33. The summed E-state index contributed by atoms with van der Waals surface area (Å²) in [4.78, 5) is 24.6. The van der Waals surface area contributed by atoms with E-state index < -0.39 is 28.0 Å². The summed E-state index contributed by atoms with van der Waals surface area (Å²) in [6, 6.07) is 5.34. The average molecular weight is 464 g/mol. The largest absolute Gasteiger partial charge is 0.347 e. The molecule has 2 amide bonds. The van der Waals surface area contributed by atoms with Crippen molar-refractivity contribution < 1.29 is 23.2 Å². The molecule has 2 atom stereocenters. The smallest absolute Gasteiger partial charge is 0.261 e. The van der Waals surface area contributed by atoms with Gasteiger partial charge in [-0.25, -0.2) is 13.9 Å². The lowest BCUT2D eigenvalue weighted by atomic mass is 10.1. The second-order valence-electron chi connectivity index (χ2n) is 6.03. The van der Waals surface area contributed by atoms with Gasteiger partial charge in [0.25, 0.3) is 11.8 Å². The normalized spacial score (nSPS) is 20.1. The highest BCUT2D eigenvalue weighted by Gasteiger charge is 2.44. The van der Waals surface area contributed by atoms with Gasteiger partial charge in [-0.2, -0.15) is 4.31 Å². The van der Waals surface area contributed by atoms with Gasteiger partial charge in [0.15, 0.2) is 0 Å². The van der Waals surface area contributed by atoms with E-state index in [0.29, 0.717) is 4.88 Å². The van der Waals surface area contributed by atoms with Crippen molar-refractivity contribution in [1.29, 1.82) is 0 Å². The van der Waals surface area contributed by atoms with Crippen LogP contribution in [-0.4, -0.2) is 48.4 Å². The number of sulfonamides is 1. The van der Waals surface area contributed by atoms with Crippen molar-refractivity contribution in [1.82, 2.24) is 15.1 Å². The highest BCUT2D eigenvalue weighted by molar-refractivity contribution is 7.89. The Morgan fingerprint density at radius 3 is 2.57 bits per heavy atom. The molecule has 1 saturated heterocycles. The summed E-state index contributed by atoms with van der Waals surface area (Å²) in [7, 11) is -4.14. The Bertz CT molecular complexity index is 998. The number of nitrogens with one attached hydrogen (secondary N) is 2. The quantitative estimate of drug-likeness (QED) is 0.463. The van der Waals surface area contributed by atoms with Crippen molar-refractivity contribution in [3.63, 3.8) is 0 Å². The first-order valence-electron chi connectivity index (χ1n) is 7.99. The van der Waals surface area contributed by atoms with Crippen LogP contribution in [0.3, 0.4) is 0 Å². The third-order valence-electron chi connectivity index (χ3n) is 4.25. The Balaban J connectivity index is 1.87. The molecule has 3 N–H and O–H groups in total. The van der Waals surface area contributed by atoms with Gasteiger partial charge in [0.1, 0.15) is 6.04 Å². The summed E-state index contributed by atoms with van der Waals surface area (Å²) >= 11 is 13.0. The number of hydrogen-bond acceptors (Lipinski definition) is 6. The zero-order valence-electron chi connectivity index (χ0n) is 14.1. The fourth-order valence-corrected chi connectivity index (χ4v) is 5.59. The molecule has 2 aromatic rings. The molecule has 150 valence electrons. The monoisotopic (exact) mass is 463 g/mol. The van der Waals surface area contributed by atoms with Gasteiger partial charge in [0.05, 0.1) is 19.8 Å². The standard InChI is InChI=1S/C16H15Cl2N3O5S2/c17-11-4-3-10(7-12(11)18)28(25,26)21-8-9(6-13(21)15(22)20-24)19-16(23)14-2-1-5-27-14/h1-5,7,9,13,24H,6,8H2,(H,19,23)(H,20,22)/t9-,13-/m1/s1. The number of thiophene rings is 1. The van der Waals surface area contributed by atoms with E-state index in [1.165, 1.54) is 35.0 Å². The van der Waals surface area contributed by atoms with Gasteiger partial charge in [-0.1, -0.05) is 29.3 Å². The van der Waals surface area contributed by atoms with Gasteiger partial charge >= 0.3 is 0 Å². The van der Waals surface area contributed by atoms with Crippen molar-refractivity contribution in [3.05, 3.63) is 50.6 Å². The zero-order chi connectivity index (χ0) is 20.5. The molecule has 28 heavy (non-hydrogen) atoms. The summed E-state index contributed by atoms with van der Waals surface area (Å²) in [5.41, 5.74) is 1.48. The minimum Gasteiger partial charge on any atom is -0.347 e. The summed E-state index contributed by atoms with van der Waals surface area (Å²) < 4.78 is 27.0. The van der Waals surface area contributed by atoms with E-state index in [1.807, 2.05) is 0 Å². The lowest BCUT2D eigenvalue weighted by Crippen LogP contribution is -2.45. The van der Waals surface area contributed by atoms with Gasteiger partial charge in [-0.3, -0.25) is 14.8 Å². The Kier molecular flexibility index (Phi) is 6.28. The molecule has 1 fully saturated rings. The second-order valence-corrected chi connectivity index (χ2v) is 9.68. The SMILES string of the molecule is O=C(N[C@@H]1C[C@H](C(=O)NO)N(S(=O)(=O)c2ccc(Cl)c(Cl)c2)C1)c1cccs1. The molecule has 1 aliphatic heterocycles. The minimum absolute atomic E-state index is 0.00403. The van der Waals surface area contributed by atoms with Crippen LogP contribution in [0, 0.1) is 0 Å². The van der Waals surface area contributed by atoms with Crippen LogP contribution in [0.2, 0.25) is 10.0 Å². The van der Waals surface area contributed by atoms with E-state index in [0.717, 1.165) is 4.31 Å². The molecular weight excluding hydrogens is 449 g/mol. The number of carbonyl (C=O) groups excluding carboxylic acids is 2. The molecule has 12 heteroatoms. The summed E-state index contributed by atoms with van der Waals surface area (Å²) in [6.07, 6.45) is 0.00403. The van der Waals surface area contributed by atoms with Crippen molar-refractivity contribution in [2.75, 3.05) is 6.54 Å². The Morgan fingerprint density at radius 2 is 1.96 bits per heavy atom. The number of carbonyl (C=O) groups is 2. The van der Waals surface area contributed by atoms with Crippen LogP contribution in [0.15, 0.2) is 40.6 Å². The van der Waals surface area contributed by atoms with Crippen LogP contribution in [0.1, 0.15) is 16.1 Å². The molecule has 0 spiro atoms. The Morgan fingerprint density at radius 1 is 1.21 bits per heavy atom. The summed E-state index contributed by atoms with van der Waals surface area (Å²) in [6.45, 7) is -0.141. The number of rotatable bonds is 5. The van der Waals surface area contributed by atoms with Crippen molar-refractivity contribution in [3.8, 4) is 0 Å². The molecule has 0 saturated carbocycles. The first-order chi connectivity index (χ1) is 13.2. The van der Waals surface area contributed by atoms with Crippen LogP contribution in [0.5, 0.6) is 0 Å². The first kappa shape index (κ1) is 21.0. The van der Waals surface area contributed by atoms with Gasteiger partial charge in [0.2, 0.25) is 10.0 Å². The van der Waals surface area contributed by atoms with Crippen molar-refractivity contribution in [2.45, 2.75) is 23.4 Å². The maximum atomic E-state index is 13.0. The van der Waals surface area contributed by atoms with Gasteiger partial charge in [-0.05, 0) is 36.1 Å². The molecule has 0 radical (unpaired) electrons. The predicted octanol–water partition coefficient (Wildman–Crippen LogP) is 2.12. The lowest BCUT2D eigenvalue weighted by Gasteiger charge is -2.22. The first-order valence-corrected chi connectivity index (χ1v) is 11.1. The summed E-state index contributed by atoms with van der Waals surface area (Å²) in [5, 5.41) is 13.7. The predicted molar refractivity (Wildman–Crippen MR) is 104 cm³/mol. The molecule has 3 rings (SSSR count). The van der Waals surface area contributed by atoms with E-state index in [4.69, 9.17) is 28.4 Å². The van der Waals surface area contributed by atoms with Crippen LogP contribution in [-0.2, 0) is 14.8 Å². The number of amides is 2. The zero-order valence-corrected chi connectivity index (χ0v) is 17.3.